The Morgan fingerprint density at radius 3 is 0.796 bits per heavy atom. The Balaban J connectivity index is 1.08. The van der Waals surface area contributed by atoms with Crippen LogP contribution in [0.4, 0.5) is 0 Å². The summed E-state index contributed by atoms with van der Waals surface area (Å²) in [5, 5.41) is 237. The van der Waals surface area contributed by atoms with Crippen LogP contribution >= 0.6 is 23.5 Å². The highest BCUT2D eigenvalue weighted by Gasteiger charge is 2.60. The predicted octanol–water partition coefficient (Wildman–Crippen LogP) is -11.6. The Bertz CT molecular complexity index is 2610. The number of hydrogen-bond donors (Lipinski definition) is 21. The fourth-order valence-electron chi connectivity index (χ4n) is 12.7. The Hall–Kier alpha value is -2.42. The van der Waals surface area contributed by atoms with Gasteiger partial charge in [0.15, 0.2) is 44.0 Å². The Morgan fingerprint density at radius 1 is 0.330 bits per heavy atom. The second kappa shape index (κ2) is 40.0. The van der Waals surface area contributed by atoms with Crippen molar-refractivity contribution in [2.24, 2.45) is 11.8 Å². The molecule has 0 aliphatic carbocycles. The molecule has 21 rings (SSSR count). The maximum Gasteiger partial charge on any atom is 0.307 e. The van der Waals surface area contributed by atoms with Gasteiger partial charge in [-0.15, -0.1) is 0 Å². The Labute approximate surface area is 596 Å². The van der Waals surface area contributed by atoms with Crippen molar-refractivity contribution in [3.63, 3.8) is 0 Å². The summed E-state index contributed by atoms with van der Waals surface area (Å²) in [6, 6.07) is 0. The lowest BCUT2D eigenvalue weighted by Crippen LogP contribution is -2.68. The monoisotopic (exact) mass is 1540 g/mol. The molecule has 41 nitrogen and oxygen atoms in total. The van der Waals surface area contributed by atoms with Crippen LogP contribution in [0.3, 0.4) is 0 Å². The first-order valence-electron chi connectivity index (χ1n) is 33.5. The van der Waals surface area contributed by atoms with Gasteiger partial charge >= 0.3 is 11.9 Å². The molecule has 0 radical (unpaired) electrons. The molecule has 596 valence electrons. The zero-order chi connectivity index (χ0) is 75.4. The van der Waals surface area contributed by atoms with Crippen LogP contribution in [0.1, 0.15) is 39.5 Å². The summed E-state index contributed by atoms with van der Waals surface area (Å²) >= 11 is 1.73. The Kier molecular flexibility index (Phi) is 33.5. The molecule has 21 N–H and O–H groups in total. The van der Waals surface area contributed by atoms with Crippen LogP contribution < -0.4 is 0 Å². The first kappa shape index (κ1) is 86.2. The number of hydrogen-bond acceptors (Lipinski definition) is 41. The van der Waals surface area contributed by atoms with E-state index >= 15 is 0 Å². The van der Waals surface area contributed by atoms with Gasteiger partial charge in [-0.1, -0.05) is 6.92 Å². The maximum absolute atomic E-state index is 13.0. The normalized spacial score (nSPS) is 44.9. The minimum Gasteiger partial charge on any atom is -0.481 e. The number of carboxylic acid groups (broad SMARTS) is 2. The van der Waals surface area contributed by atoms with Crippen LogP contribution in [-0.4, -0.2) is 428 Å². The molecule has 21 saturated heterocycles. The minimum absolute atomic E-state index is 0.0656. The predicted molar refractivity (Wildman–Crippen MR) is 333 cm³/mol. The van der Waals surface area contributed by atoms with Crippen LogP contribution in [-0.2, 0) is 95.0 Å². The minimum atomic E-state index is -2.31. The molecule has 103 heavy (non-hydrogen) atoms. The quantitative estimate of drug-likeness (QED) is 0.0340. The lowest BCUT2D eigenvalue weighted by atomic mass is 9.95. The van der Waals surface area contributed by atoms with Crippen molar-refractivity contribution in [1.82, 2.24) is 0 Å². The molecule has 21 heterocycles. The van der Waals surface area contributed by atoms with Gasteiger partial charge < -0.3 is 183 Å². The lowest BCUT2D eigenvalue weighted by molar-refractivity contribution is -0.395. The van der Waals surface area contributed by atoms with E-state index in [-0.39, 0.29) is 68.7 Å². The van der Waals surface area contributed by atoms with Gasteiger partial charge in [0.2, 0.25) is 0 Å². The van der Waals surface area contributed by atoms with Crippen LogP contribution in [0, 0.1) is 11.8 Å². The first-order valence-corrected chi connectivity index (χ1v) is 35.8. The van der Waals surface area contributed by atoms with Crippen LogP contribution in [0.2, 0.25) is 0 Å². The molecule has 0 aromatic heterocycles. The number of thioether (sulfide) groups is 2. The summed E-state index contributed by atoms with van der Waals surface area (Å²) in [4.78, 5) is 48.8. The number of aliphatic hydroxyl groups is 19. The molecule has 21 aliphatic rings. The van der Waals surface area contributed by atoms with E-state index in [4.69, 9.17) is 75.8 Å². The summed E-state index contributed by atoms with van der Waals surface area (Å²) in [6.07, 6.45) is -72.7. The van der Waals surface area contributed by atoms with Gasteiger partial charge in [0.05, 0.1) is 83.5 Å². The van der Waals surface area contributed by atoms with Gasteiger partial charge in [-0.3, -0.25) is 19.2 Å². The van der Waals surface area contributed by atoms with Gasteiger partial charge in [-0.2, -0.15) is 23.5 Å². The topological polar surface area (TPSA) is 641 Å². The van der Waals surface area contributed by atoms with Crippen LogP contribution in [0.15, 0.2) is 0 Å². The SMILES string of the molecule is CCC(CSCC1O[C@H]2O[C@@H]3C(CO)O[C@H](O[C@@H]4C(CO)O[C@H](O[C@@H]5C(CO)O[C@H](O[C@@H]6C(CSCC(CC(=O)CCOCCOCCC(C)=O)C(=O)O)O[C@H](O[C@@H]7C(CO)O[C@@H](O[C@@H]8C(CO)O[C@H](O[C@H]1[C@H](O)C2O)C(O)[C@H]8O)C(O)[C@H]7O)C(O)[C@H]6O)C(O)[C@H]5O)C(O)[C@H]4O)C(O)[C@H]3O)C(=O)O. The number of carbonyl (C=O) groups excluding carboxylic acids is 2. The highest BCUT2D eigenvalue weighted by molar-refractivity contribution is 7.99. The second-order valence-corrected chi connectivity index (χ2v) is 28.2. The molecular weight excluding hydrogens is 1440 g/mol. The average Bonchev–Trinajstić information content (AvgIpc) is 0.785. The molecule has 14 bridgehead atoms. The lowest BCUT2D eigenvalue weighted by Gasteiger charge is -2.50. The summed E-state index contributed by atoms with van der Waals surface area (Å²) in [7, 11) is 0. The molecule has 21 fully saturated rings. The molecular formula is C60H98O41S2. The number of carbonyl (C=O) groups is 4. The molecule has 37 atom stereocenters. The first-order chi connectivity index (χ1) is 49.0. The van der Waals surface area contributed by atoms with Gasteiger partial charge in [0.25, 0.3) is 0 Å². The van der Waals surface area contributed by atoms with E-state index in [1.54, 1.807) is 6.92 Å². The van der Waals surface area contributed by atoms with Crippen molar-refractivity contribution in [2.75, 3.05) is 82.5 Å². The number of aliphatic hydroxyl groups excluding tert-OH is 19. The van der Waals surface area contributed by atoms with Crippen molar-refractivity contribution < 1.29 is 202 Å². The van der Waals surface area contributed by atoms with Crippen LogP contribution in [0.25, 0.3) is 0 Å². The summed E-state index contributed by atoms with van der Waals surface area (Å²) < 4.78 is 93.4. The zero-order valence-electron chi connectivity index (χ0n) is 55.8. The highest BCUT2D eigenvalue weighted by Crippen LogP contribution is 2.40. The maximum atomic E-state index is 13.0. The fourth-order valence-corrected chi connectivity index (χ4v) is 15.2. The van der Waals surface area contributed by atoms with E-state index in [0.29, 0.717) is 0 Å². The van der Waals surface area contributed by atoms with Gasteiger partial charge in [-0.05, 0) is 13.3 Å². The third kappa shape index (κ3) is 21.0. The Morgan fingerprint density at radius 2 is 0.563 bits per heavy atom. The molecule has 16 unspecified atom stereocenters. The third-order valence-electron chi connectivity index (χ3n) is 18.8. The zero-order valence-corrected chi connectivity index (χ0v) is 57.4. The largest absolute Gasteiger partial charge is 0.481 e. The van der Waals surface area contributed by atoms with E-state index in [2.05, 4.69) is 0 Å². The molecule has 0 aromatic rings. The highest BCUT2D eigenvalue weighted by atomic mass is 32.2. The van der Waals surface area contributed by atoms with Crippen molar-refractivity contribution in [1.29, 1.82) is 0 Å². The molecule has 0 amide bonds. The van der Waals surface area contributed by atoms with Gasteiger partial charge in [0.1, 0.15) is 170 Å². The summed E-state index contributed by atoms with van der Waals surface area (Å²) in [5.41, 5.74) is 0. The third-order valence-corrected chi connectivity index (χ3v) is 21.2. The molecule has 43 heteroatoms. The van der Waals surface area contributed by atoms with Crippen molar-refractivity contribution in [3.8, 4) is 0 Å². The number of ether oxygens (including phenoxy) is 16. The number of Topliss-reactive ketones (excluding diaryl/α,β-unsaturated/α-hetero) is 2. The number of ketones is 2. The van der Waals surface area contributed by atoms with Crippen molar-refractivity contribution >= 4 is 47.0 Å². The summed E-state index contributed by atoms with van der Waals surface area (Å²) in [5.74, 6) is -6.75. The van der Waals surface area contributed by atoms with E-state index in [1.807, 2.05) is 0 Å². The fraction of sp³-hybridized carbons (Fsp3) is 0.933. The smallest absolute Gasteiger partial charge is 0.307 e. The molecule has 21 aliphatic heterocycles. The summed E-state index contributed by atoms with van der Waals surface area (Å²) in [6.45, 7) is -2.28. The molecule has 0 aromatic carbocycles. The van der Waals surface area contributed by atoms with E-state index in [1.165, 1.54) is 6.92 Å². The van der Waals surface area contributed by atoms with E-state index in [9.17, 15) is 126 Å². The second-order valence-electron chi connectivity index (χ2n) is 26.0. The number of aliphatic carboxylic acids is 2. The molecule has 0 saturated carbocycles. The molecule has 0 spiro atoms. The number of carboxylic acids is 2. The van der Waals surface area contributed by atoms with E-state index < -0.39 is 290 Å². The van der Waals surface area contributed by atoms with E-state index in [0.717, 1.165) is 23.5 Å². The average molecular weight is 1540 g/mol. The van der Waals surface area contributed by atoms with Crippen molar-refractivity contribution in [3.05, 3.63) is 0 Å². The number of rotatable bonds is 27. The van der Waals surface area contributed by atoms with Gasteiger partial charge in [-0.25, -0.2) is 0 Å². The van der Waals surface area contributed by atoms with Gasteiger partial charge in [0, 0.05) is 42.3 Å². The standard InChI is InChI=1S/C60H98O41S2/c1-3-21(52(82)83)16-102-18-29-50-36(73)43(80)59(93-29)98-48-27(14-64)89-55(39(76)32(48)69)95-45-24(11-61)88-54(38(75)31(45)68)96-46-26(13-63)92-58(42(79)35(46)72)101-51-30(19-103-17-22(53(84)85)10-23(67)5-7-87-9-8-86-6-4-20(2)66)94-60(44(81)37(51)74)99-49-28(15-65)90-56(40(77)33(49)70)97-47-25(12-62)91-57(100-50)41(78)34(47)71/h21-22,24-51,54-65,68-81H,3-19H2,1-2H3,(H,82,83)(H,84,85)/t21?,22?,24?,25?,26?,27?,28?,29?,30?,31-,32-,33-,34-,35-,36-,37-,38?,39?,40?,41?,42?,43?,44?,45-,46-,47-,48-,49-,50-,51-,54-,55-,56+,57-,58-,59+,60-/m1/s1. The van der Waals surface area contributed by atoms with Crippen LogP contribution in [0.5, 0.6) is 0 Å². The van der Waals surface area contributed by atoms with Crippen molar-refractivity contribution in [2.45, 2.75) is 254 Å².